The number of benzene rings is 1. The van der Waals surface area contributed by atoms with Gasteiger partial charge < -0.3 is 14.5 Å². The van der Waals surface area contributed by atoms with Crippen molar-refractivity contribution in [2.45, 2.75) is 26.2 Å². The summed E-state index contributed by atoms with van der Waals surface area (Å²) in [6, 6.07) is 7.50. The number of nitrogens with zero attached hydrogens (tertiary/aromatic N) is 4. The molecular formula is C22H26N4O2. The van der Waals surface area contributed by atoms with Gasteiger partial charge in [-0.05, 0) is 38.3 Å². The van der Waals surface area contributed by atoms with Gasteiger partial charge in [0.1, 0.15) is 17.4 Å². The third kappa shape index (κ3) is 2.82. The zero-order valence-electron chi connectivity index (χ0n) is 16.5. The van der Waals surface area contributed by atoms with Gasteiger partial charge in [0.2, 0.25) is 0 Å². The number of hydrogen-bond donors (Lipinski definition) is 0. The molecule has 2 saturated heterocycles. The second-order valence-corrected chi connectivity index (χ2v) is 8.21. The molecule has 0 spiro atoms. The van der Waals surface area contributed by atoms with E-state index in [1.54, 1.807) is 7.11 Å². The average Bonchev–Trinajstić information content (AvgIpc) is 3.41. The van der Waals surface area contributed by atoms with Crippen molar-refractivity contribution in [2.24, 2.45) is 11.8 Å². The lowest BCUT2D eigenvalue weighted by Gasteiger charge is -2.24. The number of hydrogen-bond acceptors (Lipinski definition) is 5. The van der Waals surface area contributed by atoms with Crippen LogP contribution in [0.25, 0.3) is 0 Å². The quantitative estimate of drug-likeness (QED) is 0.821. The highest BCUT2D eigenvalue weighted by molar-refractivity contribution is 5.97. The molecule has 6 heteroatoms. The summed E-state index contributed by atoms with van der Waals surface area (Å²) in [6.07, 6.45) is 3.35. The van der Waals surface area contributed by atoms with Gasteiger partial charge in [-0.25, -0.2) is 9.97 Å². The zero-order chi connectivity index (χ0) is 19.3. The van der Waals surface area contributed by atoms with Crippen LogP contribution in [0.15, 0.2) is 24.3 Å². The molecule has 2 fully saturated rings. The van der Waals surface area contributed by atoms with Crippen molar-refractivity contribution in [2.75, 3.05) is 38.2 Å². The van der Waals surface area contributed by atoms with Gasteiger partial charge in [0.25, 0.3) is 5.91 Å². The molecule has 1 aromatic heterocycles. The standard InChI is InChI=1S/C22H26N4O2/c1-14-23-19-8-5-7-17(19)21(24-14)25-10-15-12-26(13-16(15)11-25)22(27)18-6-3-4-9-20(18)28-2/h3-4,6,9,15-16H,5,7-8,10-13H2,1-2H3. The summed E-state index contributed by atoms with van der Waals surface area (Å²) in [7, 11) is 1.62. The van der Waals surface area contributed by atoms with Crippen LogP contribution in [0.2, 0.25) is 0 Å². The third-order valence-electron chi connectivity index (χ3n) is 6.43. The molecule has 0 radical (unpaired) electrons. The predicted molar refractivity (Wildman–Crippen MR) is 107 cm³/mol. The third-order valence-corrected chi connectivity index (χ3v) is 6.43. The van der Waals surface area contributed by atoms with Crippen molar-refractivity contribution in [1.82, 2.24) is 14.9 Å². The lowest BCUT2D eigenvalue weighted by Crippen LogP contribution is -2.34. The molecule has 0 N–H and O–H groups in total. The topological polar surface area (TPSA) is 58.6 Å². The molecule has 3 heterocycles. The first-order chi connectivity index (χ1) is 13.6. The Bertz CT molecular complexity index is 915. The van der Waals surface area contributed by atoms with Crippen molar-refractivity contribution in [3.63, 3.8) is 0 Å². The summed E-state index contributed by atoms with van der Waals surface area (Å²) in [4.78, 5) is 26.9. The molecule has 1 aliphatic carbocycles. The van der Waals surface area contributed by atoms with Crippen molar-refractivity contribution in [3.05, 3.63) is 46.9 Å². The van der Waals surface area contributed by atoms with Gasteiger partial charge in [-0.2, -0.15) is 0 Å². The lowest BCUT2D eigenvalue weighted by atomic mass is 10.0. The largest absolute Gasteiger partial charge is 0.496 e. The predicted octanol–water partition coefficient (Wildman–Crippen LogP) is 2.49. The number of rotatable bonds is 3. The molecule has 6 nitrogen and oxygen atoms in total. The van der Waals surface area contributed by atoms with Crippen molar-refractivity contribution < 1.29 is 9.53 Å². The molecular weight excluding hydrogens is 352 g/mol. The van der Waals surface area contributed by atoms with Gasteiger partial charge in [-0.1, -0.05) is 12.1 Å². The minimum atomic E-state index is 0.0807. The van der Waals surface area contributed by atoms with Crippen LogP contribution in [0.3, 0.4) is 0 Å². The maximum atomic E-state index is 13.0. The van der Waals surface area contributed by atoms with E-state index in [2.05, 4.69) is 9.88 Å². The number of methoxy groups -OCH3 is 1. The van der Waals surface area contributed by atoms with E-state index in [1.165, 1.54) is 17.7 Å². The zero-order valence-corrected chi connectivity index (χ0v) is 16.5. The van der Waals surface area contributed by atoms with E-state index in [-0.39, 0.29) is 5.91 Å². The molecule has 2 unspecified atom stereocenters. The summed E-state index contributed by atoms with van der Waals surface area (Å²) in [5.74, 6) is 3.77. The monoisotopic (exact) mass is 378 g/mol. The Balaban J connectivity index is 1.32. The highest BCUT2D eigenvalue weighted by Crippen LogP contribution is 2.37. The van der Waals surface area contributed by atoms with Crippen molar-refractivity contribution in [3.8, 4) is 5.75 Å². The Morgan fingerprint density at radius 1 is 1.07 bits per heavy atom. The molecule has 28 heavy (non-hydrogen) atoms. The number of para-hydroxylation sites is 1. The van der Waals surface area contributed by atoms with Crippen LogP contribution in [-0.4, -0.2) is 54.1 Å². The van der Waals surface area contributed by atoms with Gasteiger partial charge in [-0.3, -0.25) is 4.79 Å². The van der Waals surface area contributed by atoms with E-state index < -0.39 is 0 Å². The minimum Gasteiger partial charge on any atom is -0.496 e. The normalized spacial score (nSPS) is 23.1. The van der Waals surface area contributed by atoms with Crippen LogP contribution in [0.5, 0.6) is 5.75 Å². The first-order valence-electron chi connectivity index (χ1n) is 10.2. The van der Waals surface area contributed by atoms with Crippen LogP contribution in [-0.2, 0) is 12.8 Å². The van der Waals surface area contributed by atoms with Crippen molar-refractivity contribution >= 4 is 11.7 Å². The molecule has 2 aromatic rings. The van der Waals surface area contributed by atoms with Crippen LogP contribution in [0.1, 0.15) is 33.9 Å². The maximum absolute atomic E-state index is 13.0. The van der Waals surface area contributed by atoms with E-state index in [0.29, 0.717) is 23.1 Å². The molecule has 1 aromatic carbocycles. The maximum Gasteiger partial charge on any atom is 0.257 e. The van der Waals surface area contributed by atoms with E-state index in [0.717, 1.165) is 50.7 Å². The summed E-state index contributed by atoms with van der Waals surface area (Å²) < 4.78 is 5.38. The number of anilines is 1. The fraction of sp³-hybridized carbons (Fsp3) is 0.500. The number of amides is 1. The number of ether oxygens (including phenoxy) is 1. The molecule has 0 saturated carbocycles. The van der Waals surface area contributed by atoms with E-state index in [9.17, 15) is 4.79 Å². The number of carbonyl (C=O) groups excluding carboxylic acids is 1. The fourth-order valence-electron chi connectivity index (χ4n) is 5.12. The van der Waals surface area contributed by atoms with Crippen molar-refractivity contribution in [1.29, 1.82) is 0 Å². The van der Waals surface area contributed by atoms with Crippen LogP contribution >= 0.6 is 0 Å². The van der Waals surface area contributed by atoms with Gasteiger partial charge in [0.15, 0.2) is 0 Å². The molecule has 0 bridgehead atoms. The Labute approximate surface area is 165 Å². The average molecular weight is 378 g/mol. The molecule has 5 rings (SSSR count). The molecule has 2 aliphatic heterocycles. The van der Waals surface area contributed by atoms with E-state index in [1.807, 2.05) is 36.1 Å². The van der Waals surface area contributed by atoms with Crippen LogP contribution < -0.4 is 9.64 Å². The number of likely N-dealkylation sites (tertiary alicyclic amines) is 1. The van der Waals surface area contributed by atoms with Gasteiger partial charge >= 0.3 is 0 Å². The molecule has 2 atom stereocenters. The number of aromatic nitrogens is 2. The number of aryl methyl sites for hydroxylation is 2. The highest BCUT2D eigenvalue weighted by atomic mass is 16.5. The fourth-order valence-corrected chi connectivity index (χ4v) is 5.12. The Kier molecular flexibility index (Phi) is 4.22. The first-order valence-corrected chi connectivity index (χ1v) is 10.2. The summed E-state index contributed by atoms with van der Waals surface area (Å²) in [6.45, 7) is 5.56. The Morgan fingerprint density at radius 2 is 1.82 bits per heavy atom. The first kappa shape index (κ1) is 17.5. The smallest absolute Gasteiger partial charge is 0.257 e. The van der Waals surface area contributed by atoms with Crippen LogP contribution in [0.4, 0.5) is 5.82 Å². The van der Waals surface area contributed by atoms with Gasteiger partial charge in [0, 0.05) is 49.3 Å². The minimum absolute atomic E-state index is 0.0807. The number of carbonyl (C=O) groups is 1. The summed E-state index contributed by atoms with van der Waals surface area (Å²) in [5, 5.41) is 0. The summed E-state index contributed by atoms with van der Waals surface area (Å²) >= 11 is 0. The lowest BCUT2D eigenvalue weighted by molar-refractivity contribution is 0.0779. The SMILES string of the molecule is COc1ccccc1C(=O)N1CC2CN(c3nc(C)nc4c3CCC4)CC2C1. The second-order valence-electron chi connectivity index (χ2n) is 8.21. The molecule has 1 amide bonds. The summed E-state index contributed by atoms with van der Waals surface area (Å²) in [5.41, 5.74) is 3.26. The van der Waals surface area contributed by atoms with Crippen LogP contribution in [0, 0.1) is 18.8 Å². The Hall–Kier alpha value is -2.63. The molecule has 3 aliphatic rings. The van der Waals surface area contributed by atoms with Gasteiger partial charge in [0.05, 0.1) is 12.7 Å². The second kappa shape index (κ2) is 6.76. The molecule has 146 valence electrons. The number of fused-ring (bicyclic) bond motifs is 2. The Morgan fingerprint density at radius 3 is 2.57 bits per heavy atom. The van der Waals surface area contributed by atoms with E-state index >= 15 is 0 Å². The highest BCUT2D eigenvalue weighted by Gasteiger charge is 2.43. The van der Waals surface area contributed by atoms with Gasteiger partial charge in [-0.15, -0.1) is 0 Å². The van der Waals surface area contributed by atoms with E-state index in [4.69, 9.17) is 9.72 Å².